The van der Waals surface area contributed by atoms with Gasteiger partial charge in [-0.05, 0) is 55.7 Å². The van der Waals surface area contributed by atoms with Gasteiger partial charge in [-0.15, -0.1) is 0 Å². The first-order valence-electron chi connectivity index (χ1n) is 10.7. The van der Waals surface area contributed by atoms with E-state index in [4.69, 9.17) is 4.74 Å². The van der Waals surface area contributed by atoms with Gasteiger partial charge in [0, 0.05) is 23.1 Å². The summed E-state index contributed by atoms with van der Waals surface area (Å²) < 4.78 is 7.24. The lowest BCUT2D eigenvalue weighted by atomic mass is 9.93. The topological polar surface area (TPSA) is 63.6 Å². The number of ether oxygens (including phenoxy) is 1. The molecule has 0 aliphatic carbocycles. The van der Waals surface area contributed by atoms with E-state index in [1.807, 2.05) is 66.1 Å². The molecule has 6 nitrogen and oxygen atoms in total. The molecule has 0 unspecified atom stereocenters. The summed E-state index contributed by atoms with van der Waals surface area (Å²) in [5.74, 6) is 0.846. The number of fused-ring (bicyclic) bond motifs is 3. The Labute approximate surface area is 182 Å². The standard InChI is InChI=1S/C25H29N3O3/c1-17(2)13-14-26-24(30)25(3)16-27-21-8-6-5-7-18(21)15-22(27)23(29)28(25)19-9-11-20(31-4)12-10-19/h5-12,15,17H,13-14,16H2,1-4H3,(H,26,30)/t25-/m0/s1. The second-order valence-electron chi connectivity index (χ2n) is 8.73. The fraction of sp³-hybridized carbons (Fsp3) is 0.360. The molecule has 1 aromatic heterocycles. The lowest BCUT2D eigenvalue weighted by molar-refractivity contribution is -0.126. The van der Waals surface area contributed by atoms with Gasteiger partial charge >= 0.3 is 0 Å². The quantitative estimate of drug-likeness (QED) is 0.650. The zero-order chi connectivity index (χ0) is 22.2. The SMILES string of the molecule is COc1ccc(N2C(=O)c3cc4ccccc4n3C[C@@]2(C)C(=O)NCCC(C)C)cc1. The number of hydrogen-bond acceptors (Lipinski definition) is 3. The monoisotopic (exact) mass is 419 g/mol. The maximum atomic E-state index is 13.7. The number of aromatic nitrogens is 1. The first kappa shape index (κ1) is 21.0. The van der Waals surface area contributed by atoms with Gasteiger partial charge in [0.1, 0.15) is 17.0 Å². The third-order valence-electron chi connectivity index (χ3n) is 6.02. The van der Waals surface area contributed by atoms with Gasteiger partial charge in [-0.25, -0.2) is 0 Å². The summed E-state index contributed by atoms with van der Waals surface area (Å²) in [6.45, 7) is 7.05. The predicted molar refractivity (Wildman–Crippen MR) is 123 cm³/mol. The molecule has 1 N–H and O–H groups in total. The van der Waals surface area contributed by atoms with Crippen LogP contribution in [0.2, 0.25) is 0 Å². The fourth-order valence-corrected chi connectivity index (χ4v) is 4.25. The Balaban J connectivity index is 1.80. The molecule has 2 aromatic carbocycles. The van der Waals surface area contributed by atoms with Crippen LogP contribution in [-0.4, -0.2) is 35.6 Å². The largest absolute Gasteiger partial charge is 0.497 e. The third kappa shape index (κ3) is 3.67. The number of carbonyl (C=O) groups excluding carboxylic acids is 2. The summed E-state index contributed by atoms with van der Waals surface area (Å²) in [4.78, 5) is 28.8. The summed E-state index contributed by atoms with van der Waals surface area (Å²) in [6.07, 6.45) is 0.885. The van der Waals surface area contributed by atoms with Crippen molar-refractivity contribution in [2.45, 2.75) is 39.3 Å². The van der Waals surface area contributed by atoms with Crippen molar-refractivity contribution in [2.24, 2.45) is 5.92 Å². The van der Waals surface area contributed by atoms with Crippen LogP contribution in [0.15, 0.2) is 54.6 Å². The smallest absolute Gasteiger partial charge is 0.275 e. The number of nitrogens with zero attached hydrogens (tertiary/aromatic N) is 2. The van der Waals surface area contributed by atoms with E-state index in [9.17, 15) is 9.59 Å². The second-order valence-corrected chi connectivity index (χ2v) is 8.73. The molecule has 31 heavy (non-hydrogen) atoms. The van der Waals surface area contributed by atoms with Crippen LogP contribution in [-0.2, 0) is 11.3 Å². The van der Waals surface area contributed by atoms with Gasteiger partial charge in [0.25, 0.3) is 5.91 Å². The highest BCUT2D eigenvalue weighted by molar-refractivity contribution is 6.14. The molecular formula is C25H29N3O3. The van der Waals surface area contributed by atoms with Gasteiger partial charge in [-0.2, -0.15) is 0 Å². The minimum Gasteiger partial charge on any atom is -0.497 e. The molecule has 162 valence electrons. The van der Waals surface area contributed by atoms with Gasteiger partial charge in [0.15, 0.2) is 0 Å². The number of amides is 2. The Morgan fingerprint density at radius 1 is 1.16 bits per heavy atom. The van der Waals surface area contributed by atoms with E-state index in [0.717, 1.165) is 17.3 Å². The first-order chi connectivity index (χ1) is 14.8. The van der Waals surface area contributed by atoms with Gasteiger partial charge < -0.3 is 14.6 Å². The summed E-state index contributed by atoms with van der Waals surface area (Å²) >= 11 is 0. The van der Waals surface area contributed by atoms with E-state index in [1.54, 1.807) is 12.0 Å². The van der Waals surface area contributed by atoms with Crippen molar-refractivity contribution in [2.75, 3.05) is 18.6 Å². The lowest BCUT2D eigenvalue weighted by Crippen LogP contribution is -2.64. The second kappa shape index (κ2) is 8.10. The highest BCUT2D eigenvalue weighted by Gasteiger charge is 2.48. The lowest BCUT2D eigenvalue weighted by Gasteiger charge is -2.44. The van der Waals surface area contributed by atoms with Gasteiger partial charge in [-0.1, -0.05) is 32.0 Å². The van der Waals surface area contributed by atoms with Crippen molar-refractivity contribution in [3.8, 4) is 5.75 Å². The molecule has 0 bridgehead atoms. The van der Waals surface area contributed by atoms with Crippen LogP contribution in [0.25, 0.3) is 10.9 Å². The summed E-state index contributed by atoms with van der Waals surface area (Å²) in [7, 11) is 1.60. The molecule has 0 radical (unpaired) electrons. The van der Waals surface area contributed by atoms with Gasteiger partial charge in [0.05, 0.1) is 13.7 Å². The maximum Gasteiger partial charge on any atom is 0.275 e. The van der Waals surface area contributed by atoms with Crippen LogP contribution in [0.5, 0.6) is 5.75 Å². The van der Waals surface area contributed by atoms with Crippen molar-refractivity contribution in [1.82, 2.24) is 9.88 Å². The van der Waals surface area contributed by atoms with Gasteiger partial charge in [-0.3, -0.25) is 14.5 Å². The van der Waals surface area contributed by atoms with E-state index >= 15 is 0 Å². The van der Waals surface area contributed by atoms with Crippen LogP contribution in [0, 0.1) is 5.92 Å². The van der Waals surface area contributed by atoms with Crippen molar-refractivity contribution < 1.29 is 14.3 Å². The average molecular weight is 420 g/mol. The molecule has 2 heterocycles. The van der Waals surface area contributed by atoms with E-state index < -0.39 is 5.54 Å². The Kier molecular flexibility index (Phi) is 5.48. The van der Waals surface area contributed by atoms with Crippen molar-refractivity contribution >= 4 is 28.4 Å². The Morgan fingerprint density at radius 3 is 2.55 bits per heavy atom. The van der Waals surface area contributed by atoms with Gasteiger partial charge in [0.2, 0.25) is 5.91 Å². The minimum atomic E-state index is -1.07. The molecule has 0 saturated carbocycles. The molecule has 0 saturated heterocycles. The van der Waals surface area contributed by atoms with Crippen LogP contribution < -0.4 is 15.0 Å². The number of carbonyl (C=O) groups is 2. The number of nitrogens with one attached hydrogen (secondary N) is 1. The molecule has 1 aliphatic heterocycles. The molecule has 0 fully saturated rings. The summed E-state index contributed by atoms with van der Waals surface area (Å²) in [6, 6.07) is 17.1. The van der Waals surface area contributed by atoms with Crippen molar-refractivity contribution in [3.63, 3.8) is 0 Å². The van der Waals surface area contributed by atoms with Crippen LogP contribution in [0.4, 0.5) is 5.69 Å². The number of benzene rings is 2. The molecule has 1 atom stereocenters. The molecule has 3 aromatic rings. The van der Waals surface area contributed by atoms with Crippen molar-refractivity contribution in [1.29, 1.82) is 0 Å². The van der Waals surface area contributed by atoms with Crippen LogP contribution >= 0.6 is 0 Å². The number of rotatable bonds is 6. The zero-order valence-electron chi connectivity index (χ0n) is 18.5. The highest BCUT2D eigenvalue weighted by Crippen LogP contribution is 2.36. The summed E-state index contributed by atoms with van der Waals surface area (Å²) in [5.41, 5.74) is 1.15. The maximum absolute atomic E-state index is 13.7. The van der Waals surface area contributed by atoms with Crippen molar-refractivity contribution in [3.05, 3.63) is 60.3 Å². The number of methoxy groups -OCH3 is 1. The minimum absolute atomic E-state index is 0.152. The predicted octanol–water partition coefficient (Wildman–Crippen LogP) is 4.23. The van der Waals surface area contributed by atoms with E-state index in [1.165, 1.54) is 0 Å². The van der Waals surface area contributed by atoms with Crippen LogP contribution in [0.1, 0.15) is 37.7 Å². The molecule has 4 rings (SSSR count). The summed E-state index contributed by atoms with van der Waals surface area (Å²) in [5, 5.41) is 4.06. The molecular weight excluding hydrogens is 390 g/mol. The molecule has 6 heteroatoms. The number of hydrogen-bond donors (Lipinski definition) is 1. The van der Waals surface area contributed by atoms with Crippen LogP contribution in [0.3, 0.4) is 0 Å². The van der Waals surface area contributed by atoms with E-state index in [-0.39, 0.29) is 11.8 Å². The molecule has 0 spiro atoms. The van der Waals surface area contributed by atoms with E-state index in [2.05, 4.69) is 19.2 Å². The Morgan fingerprint density at radius 2 is 1.87 bits per heavy atom. The first-order valence-corrected chi connectivity index (χ1v) is 10.7. The number of para-hydroxylation sites is 1. The fourth-order valence-electron chi connectivity index (χ4n) is 4.25. The average Bonchev–Trinajstić information content (AvgIpc) is 3.12. The number of anilines is 1. The van der Waals surface area contributed by atoms with E-state index in [0.29, 0.717) is 36.1 Å². The highest BCUT2D eigenvalue weighted by atomic mass is 16.5. The third-order valence-corrected chi connectivity index (χ3v) is 6.02. The Bertz CT molecular complexity index is 1120. The molecule has 2 amide bonds. The Hall–Kier alpha value is -3.28. The molecule has 1 aliphatic rings. The normalized spacial score (nSPS) is 18.4. The zero-order valence-corrected chi connectivity index (χ0v) is 18.5.